The fourth-order valence-corrected chi connectivity index (χ4v) is 2.24. The lowest BCUT2D eigenvalue weighted by molar-refractivity contribution is -0.131. The summed E-state index contributed by atoms with van der Waals surface area (Å²) in [5.41, 5.74) is 1.25. The monoisotopic (exact) mass is 279 g/mol. The molecule has 2 heterocycles. The largest absolute Gasteiger partial charge is 0.342 e. The van der Waals surface area contributed by atoms with Crippen molar-refractivity contribution in [2.45, 2.75) is 6.92 Å². The van der Waals surface area contributed by atoms with E-state index in [1.807, 2.05) is 14.0 Å². The molecule has 7 heteroatoms. The van der Waals surface area contributed by atoms with Crippen LogP contribution in [0.4, 0.5) is 0 Å². The van der Waals surface area contributed by atoms with Crippen LogP contribution in [0.5, 0.6) is 0 Å². The third kappa shape index (κ3) is 3.36. The Labute approximate surface area is 118 Å². The zero-order chi connectivity index (χ0) is 14.7. The highest BCUT2D eigenvalue weighted by Gasteiger charge is 2.20. The second kappa shape index (κ2) is 6.04. The van der Waals surface area contributed by atoms with Crippen LogP contribution >= 0.6 is 0 Å². The summed E-state index contributed by atoms with van der Waals surface area (Å²) in [5, 5.41) is 6.77. The van der Waals surface area contributed by atoms with Gasteiger partial charge in [-0.3, -0.25) is 14.3 Å². The number of hydrogen-bond donors (Lipinski definition) is 1. The molecule has 0 radical (unpaired) electrons. The lowest BCUT2D eigenvalue weighted by Gasteiger charge is -2.32. The van der Waals surface area contributed by atoms with Crippen molar-refractivity contribution in [2.24, 2.45) is 7.05 Å². The number of hydrogen-bond acceptors (Lipinski definition) is 4. The van der Waals surface area contributed by atoms with Gasteiger partial charge in [0.15, 0.2) is 0 Å². The molecule has 1 saturated heterocycles. The van der Waals surface area contributed by atoms with Crippen molar-refractivity contribution >= 4 is 11.8 Å². The predicted molar refractivity (Wildman–Crippen MR) is 74.4 cm³/mol. The Morgan fingerprint density at radius 1 is 1.25 bits per heavy atom. The molecule has 0 aliphatic carbocycles. The molecule has 1 N–H and O–H groups in total. The Morgan fingerprint density at radius 3 is 2.45 bits per heavy atom. The van der Waals surface area contributed by atoms with Crippen LogP contribution < -0.4 is 5.32 Å². The number of aromatic nitrogens is 2. The number of rotatable bonds is 3. The number of nitrogens with one attached hydrogen (secondary N) is 1. The maximum Gasteiger partial charge on any atom is 0.269 e. The fraction of sp³-hybridized carbons (Fsp3) is 0.615. The molecule has 0 aromatic carbocycles. The van der Waals surface area contributed by atoms with Crippen LogP contribution in [0.15, 0.2) is 6.07 Å². The van der Waals surface area contributed by atoms with Crippen LogP contribution in [0.3, 0.4) is 0 Å². The number of carbonyl (C=O) groups excluding carboxylic acids is 2. The van der Waals surface area contributed by atoms with Crippen LogP contribution in [-0.4, -0.2) is 71.2 Å². The van der Waals surface area contributed by atoms with E-state index in [2.05, 4.69) is 15.3 Å². The second-order valence-electron chi connectivity index (χ2n) is 5.16. The van der Waals surface area contributed by atoms with Crippen LogP contribution in [0.1, 0.15) is 16.2 Å². The molecule has 20 heavy (non-hydrogen) atoms. The van der Waals surface area contributed by atoms with Crippen molar-refractivity contribution in [1.82, 2.24) is 24.9 Å². The summed E-state index contributed by atoms with van der Waals surface area (Å²) in [4.78, 5) is 27.9. The maximum absolute atomic E-state index is 12.0. The molecular weight excluding hydrogens is 258 g/mol. The van der Waals surface area contributed by atoms with Gasteiger partial charge >= 0.3 is 0 Å². The lowest BCUT2D eigenvalue weighted by atomic mass is 10.3. The summed E-state index contributed by atoms with van der Waals surface area (Å²) in [6.07, 6.45) is 0. The zero-order valence-electron chi connectivity index (χ0n) is 12.2. The van der Waals surface area contributed by atoms with E-state index in [0.29, 0.717) is 5.69 Å². The zero-order valence-corrected chi connectivity index (χ0v) is 12.2. The number of carbonyl (C=O) groups is 2. The molecule has 0 saturated carbocycles. The van der Waals surface area contributed by atoms with Crippen LogP contribution in [0.25, 0.3) is 0 Å². The number of nitrogens with zero attached hydrogens (tertiary/aromatic N) is 4. The molecule has 0 bridgehead atoms. The first-order valence-electron chi connectivity index (χ1n) is 6.72. The molecule has 110 valence electrons. The Morgan fingerprint density at radius 2 is 1.90 bits per heavy atom. The quantitative estimate of drug-likeness (QED) is 0.789. The Kier molecular flexibility index (Phi) is 4.39. The maximum atomic E-state index is 12.0. The molecule has 1 fully saturated rings. The van der Waals surface area contributed by atoms with E-state index in [0.717, 1.165) is 31.9 Å². The summed E-state index contributed by atoms with van der Waals surface area (Å²) in [6, 6.07) is 1.70. The first kappa shape index (κ1) is 14.5. The lowest BCUT2D eigenvalue weighted by Crippen LogP contribution is -2.50. The topological polar surface area (TPSA) is 70.5 Å². The summed E-state index contributed by atoms with van der Waals surface area (Å²) in [6.45, 7) is 5.05. The molecule has 0 spiro atoms. The van der Waals surface area contributed by atoms with E-state index < -0.39 is 0 Å². The summed E-state index contributed by atoms with van der Waals surface area (Å²) < 4.78 is 1.52. The molecule has 1 aliphatic heterocycles. The molecule has 1 aromatic heterocycles. The van der Waals surface area contributed by atoms with Crippen molar-refractivity contribution in [3.05, 3.63) is 17.5 Å². The SMILES string of the molecule is Cc1cc(C(=O)NCC(=O)N2CCN(C)CC2)n(C)n1. The minimum absolute atomic E-state index is 0.0345. The molecule has 2 amide bonds. The van der Waals surface area contributed by atoms with Crippen molar-refractivity contribution in [1.29, 1.82) is 0 Å². The third-order valence-corrected chi connectivity index (χ3v) is 3.49. The average Bonchev–Trinajstić information content (AvgIpc) is 2.75. The van der Waals surface area contributed by atoms with E-state index in [1.165, 1.54) is 4.68 Å². The minimum atomic E-state index is -0.268. The molecule has 1 aromatic rings. The molecule has 7 nitrogen and oxygen atoms in total. The second-order valence-corrected chi connectivity index (χ2v) is 5.16. The van der Waals surface area contributed by atoms with Crippen molar-refractivity contribution in [2.75, 3.05) is 39.8 Å². The number of amides is 2. The van der Waals surface area contributed by atoms with E-state index in [9.17, 15) is 9.59 Å². The normalized spacial score (nSPS) is 16.2. The van der Waals surface area contributed by atoms with Gasteiger partial charge in [-0.05, 0) is 20.0 Å². The third-order valence-electron chi connectivity index (χ3n) is 3.49. The highest BCUT2D eigenvalue weighted by molar-refractivity contribution is 5.95. The van der Waals surface area contributed by atoms with E-state index in [1.54, 1.807) is 18.0 Å². The van der Waals surface area contributed by atoms with Gasteiger partial charge < -0.3 is 15.1 Å². The number of likely N-dealkylation sites (N-methyl/N-ethyl adjacent to an activating group) is 1. The fourth-order valence-electron chi connectivity index (χ4n) is 2.24. The van der Waals surface area contributed by atoms with E-state index in [-0.39, 0.29) is 18.4 Å². The van der Waals surface area contributed by atoms with Crippen molar-refractivity contribution in [3.63, 3.8) is 0 Å². The van der Waals surface area contributed by atoms with Crippen LogP contribution in [0, 0.1) is 6.92 Å². The van der Waals surface area contributed by atoms with Gasteiger partial charge in [-0.2, -0.15) is 5.10 Å². The van der Waals surface area contributed by atoms with Gasteiger partial charge in [0.1, 0.15) is 5.69 Å². The van der Waals surface area contributed by atoms with Gasteiger partial charge in [-0.15, -0.1) is 0 Å². The van der Waals surface area contributed by atoms with Gasteiger partial charge in [-0.25, -0.2) is 0 Å². The smallest absolute Gasteiger partial charge is 0.269 e. The first-order valence-corrected chi connectivity index (χ1v) is 6.72. The van der Waals surface area contributed by atoms with Gasteiger partial charge in [0.2, 0.25) is 5.91 Å². The van der Waals surface area contributed by atoms with E-state index >= 15 is 0 Å². The highest BCUT2D eigenvalue weighted by Crippen LogP contribution is 2.02. The molecule has 2 rings (SSSR count). The molecule has 1 aliphatic rings. The average molecular weight is 279 g/mol. The molecule has 0 unspecified atom stereocenters. The van der Waals surface area contributed by atoms with E-state index in [4.69, 9.17) is 0 Å². The van der Waals surface area contributed by atoms with Gasteiger partial charge in [0, 0.05) is 33.2 Å². The van der Waals surface area contributed by atoms with Gasteiger partial charge in [-0.1, -0.05) is 0 Å². The van der Waals surface area contributed by atoms with Crippen LogP contribution in [-0.2, 0) is 11.8 Å². The highest BCUT2D eigenvalue weighted by atomic mass is 16.2. The Hall–Kier alpha value is -1.89. The predicted octanol–water partition coefficient (Wildman–Crippen LogP) is -0.768. The van der Waals surface area contributed by atoms with Crippen molar-refractivity contribution in [3.8, 4) is 0 Å². The molecular formula is C13H21N5O2. The summed E-state index contributed by atoms with van der Waals surface area (Å²) in [7, 11) is 3.75. The van der Waals surface area contributed by atoms with Crippen LogP contribution in [0.2, 0.25) is 0 Å². The summed E-state index contributed by atoms with van der Waals surface area (Å²) in [5.74, 6) is -0.305. The minimum Gasteiger partial charge on any atom is -0.342 e. The number of piperazine rings is 1. The standard InChI is InChI=1S/C13H21N5O2/c1-10-8-11(17(3)15-10)13(20)14-9-12(19)18-6-4-16(2)5-7-18/h8H,4-7,9H2,1-3H3,(H,14,20). The van der Waals surface area contributed by atoms with Crippen molar-refractivity contribution < 1.29 is 9.59 Å². The molecule has 0 atom stereocenters. The van der Waals surface area contributed by atoms with Gasteiger partial charge in [0.25, 0.3) is 5.91 Å². The Bertz CT molecular complexity index is 503. The first-order chi connectivity index (χ1) is 9.47. The summed E-state index contributed by atoms with van der Waals surface area (Å²) >= 11 is 0. The Balaban J connectivity index is 1.84. The number of aryl methyl sites for hydroxylation is 2. The van der Waals surface area contributed by atoms with Gasteiger partial charge in [0.05, 0.1) is 12.2 Å².